The predicted molar refractivity (Wildman–Crippen MR) is 60.2 cm³/mol. The second kappa shape index (κ2) is 7.80. The van der Waals surface area contributed by atoms with Gasteiger partial charge in [0.2, 0.25) is 5.91 Å². The summed E-state index contributed by atoms with van der Waals surface area (Å²) in [5, 5.41) is 6.08. The van der Waals surface area contributed by atoms with Gasteiger partial charge in [-0.05, 0) is 19.9 Å². The van der Waals surface area contributed by atoms with Crippen molar-refractivity contribution in [2.45, 2.75) is 46.1 Å². The van der Waals surface area contributed by atoms with Crippen LogP contribution in [0.5, 0.6) is 0 Å². The summed E-state index contributed by atoms with van der Waals surface area (Å²) < 4.78 is 0. The van der Waals surface area contributed by atoms with Crippen LogP contribution in [0.4, 0.5) is 0 Å². The van der Waals surface area contributed by atoms with Crippen LogP contribution in [0.15, 0.2) is 0 Å². The summed E-state index contributed by atoms with van der Waals surface area (Å²) in [7, 11) is 1.87. The molecule has 0 saturated heterocycles. The predicted octanol–water partition coefficient (Wildman–Crippen LogP) is 1.54. The molecule has 14 heavy (non-hydrogen) atoms. The number of amides is 1. The summed E-state index contributed by atoms with van der Waals surface area (Å²) in [5.41, 5.74) is 0. The Morgan fingerprint density at radius 3 is 2.43 bits per heavy atom. The van der Waals surface area contributed by atoms with Gasteiger partial charge >= 0.3 is 0 Å². The minimum Gasteiger partial charge on any atom is -0.353 e. The van der Waals surface area contributed by atoms with Gasteiger partial charge in [0.25, 0.3) is 0 Å². The third-order valence-corrected chi connectivity index (χ3v) is 2.43. The molecule has 84 valence electrons. The highest BCUT2D eigenvalue weighted by Gasteiger charge is 2.14. The number of hydrogen-bond donors (Lipinski definition) is 2. The molecular weight excluding hydrogens is 176 g/mol. The Hall–Kier alpha value is -0.570. The molecule has 0 aliphatic rings. The van der Waals surface area contributed by atoms with Crippen molar-refractivity contribution in [2.24, 2.45) is 5.92 Å². The van der Waals surface area contributed by atoms with Gasteiger partial charge in [0, 0.05) is 18.5 Å². The van der Waals surface area contributed by atoms with Crippen LogP contribution >= 0.6 is 0 Å². The molecule has 1 amide bonds. The highest BCUT2D eigenvalue weighted by atomic mass is 16.1. The van der Waals surface area contributed by atoms with Crippen LogP contribution in [0.3, 0.4) is 0 Å². The third kappa shape index (κ3) is 5.22. The van der Waals surface area contributed by atoms with E-state index < -0.39 is 0 Å². The van der Waals surface area contributed by atoms with Crippen molar-refractivity contribution in [3.8, 4) is 0 Å². The number of carbonyl (C=O) groups excluding carboxylic acids is 1. The maximum Gasteiger partial charge on any atom is 0.224 e. The van der Waals surface area contributed by atoms with Gasteiger partial charge in [-0.3, -0.25) is 4.79 Å². The van der Waals surface area contributed by atoms with Crippen molar-refractivity contribution in [1.82, 2.24) is 10.6 Å². The van der Waals surface area contributed by atoms with Crippen molar-refractivity contribution >= 4 is 5.91 Å². The van der Waals surface area contributed by atoms with Crippen LogP contribution in [0, 0.1) is 5.92 Å². The molecule has 0 aliphatic carbocycles. The smallest absolute Gasteiger partial charge is 0.224 e. The number of carbonyl (C=O) groups is 1. The normalized spacial score (nSPS) is 14.9. The first-order valence-electron chi connectivity index (χ1n) is 5.60. The van der Waals surface area contributed by atoms with Crippen LogP contribution in [-0.4, -0.2) is 25.5 Å². The summed E-state index contributed by atoms with van der Waals surface area (Å²) in [5.74, 6) is 0.227. The van der Waals surface area contributed by atoms with Crippen molar-refractivity contribution in [2.75, 3.05) is 13.6 Å². The van der Waals surface area contributed by atoms with Gasteiger partial charge in [0.1, 0.15) is 0 Å². The molecule has 0 heterocycles. The summed E-state index contributed by atoms with van der Waals surface area (Å²) >= 11 is 0. The van der Waals surface area contributed by atoms with E-state index in [0.29, 0.717) is 6.04 Å². The lowest BCUT2D eigenvalue weighted by atomic mass is 10.1. The molecule has 0 bridgehead atoms. The molecule has 0 rings (SSSR count). The summed E-state index contributed by atoms with van der Waals surface area (Å²) in [6, 6.07) is 0.354. The minimum absolute atomic E-state index is 0.0610. The van der Waals surface area contributed by atoms with Crippen LogP contribution in [-0.2, 0) is 4.79 Å². The summed E-state index contributed by atoms with van der Waals surface area (Å²) in [6.07, 6.45) is 3.22. The first kappa shape index (κ1) is 13.4. The maximum absolute atomic E-state index is 11.6. The molecule has 0 aliphatic heterocycles. The Bertz CT molecular complexity index is 159. The van der Waals surface area contributed by atoms with Gasteiger partial charge in [0.15, 0.2) is 0 Å². The lowest BCUT2D eigenvalue weighted by Gasteiger charge is -2.19. The fourth-order valence-electron chi connectivity index (χ4n) is 1.47. The Balaban J connectivity index is 3.88. The fourth-order valence-corrected chi connectivity index (χ4v) is 1.47. The van der Waals surface area contributed by atoms with E-state index in [1.54, 1.807) is 0 Å². The monoisotopic (exact) mass is 200 g/mol. The lowest BCUT2D eigenvalue weighted by molar-refractivity contribution is -0.125. The molecule has 2 atom stereocenters. The van der Waals surface area contributed by atoms with Crippen LogP contribution in [0.2, 0.25) is 0 Å². The quantitative estimate of drug-likeness (QED) is 0.654. The Morgan fingerprint density at radius 1 is 1.36 bits per heavy atom. The lowest BCUT2D eigenvalue weighted by Crippen LogP contribution is -2.40. The van der Waals surface area contributed by atoms with E-state index in [1.807, 2.05) is 14.0 Å². The zero-order valence-electron chi connectivity index (χ0n) is 9.89. The first-order valence-corrected chi connectivity index (χ1v) is 5.60. The molecule has 0 aromatic heterocycles. The maximum atomic E-state index is 11.6. The second-order valence-corrected chi connectivity index (χ2v) is 3.86. The molecule has 3 nitrogen and oxygen atoms in total. The van der Waals surface area contributed by atoms with E-state index in [4.69, 9.17) is 0 Å². The molecule has 0 spiro atoms. The van der Waals surface area contributed by atoms with Gasteiger partial charge < -0.3 is 10.6 Å². The van der Waals surface area contributed by atoms with E-state index in [1.165, 1.54) is 0 Å². The van der Waals surface area contributed by atoms with Crippen LogP contribution in [0.25, 0.3) is 0 Å². The summed E-state index contributed by atoms with van der Waals surface area (Å²) in [4.78, 5) is 11.6. The van der Waals surface area contributed by atoms with Gasteiger partial charge in [0.05, 0.1) is 0 Å². The van der Waals surface area contributed by atoms with Crippen LogP contribution in [0.1, 0.15) is 40.0 Å². The van der Waals surface area contributed by atoms with Gasteiger partial charge in [-0.25, -0.2) is 0 Å². The largest absolute Gasteiger partial charge is 0.353 e. The van der Waals surface area contributed by atoms with Gasteiger partial charge in [-0.2, -0.15) is 0 Å². The van der Waals surface area contributed by atoms with E-state index in [-0.39, 0.29) is 11.8 Å². The zero-order valence-corrected chi connectivity index (χ0v) is 9.89. The topological polar surface area (TPSA) is 41.1 Å². The number of nitrogens with one attached hydrogen (secondary N) is 2. The van der Waals surface area contributed by atoms with Gasteiger partial charge in [-0.15, -0.1) is 0 Å². The second-order valence-electron chi connectivity index (χ2n) is 3.86. The summed E-state index contributed by atoms with van der Waals surface area (Å²) in [6.45, 7) is 6.95. The molecular formula is C11H24N2O. The van der Waals surface area contributed by atoms with Crippen molar-refractivity contribution < 1.29 is 4.79 Å². The first-order chi connectivity index (χ1) is 6.65. The number of rotatable bonds is 7. The molecule has 0 aromatic carbocycles. The van der Waals surface area contributed by atoms with E-state index in [2.05, 4.69) is 24.5 Å². The SMILES string of the molecule is CCCC(CC)NC(=O)C(C)CNC. The molecule has 2 N–H and O–H groups in total. The zero-order chi connectivity index (χ0) is 11.0. The van der Waals surface area contributed by atoms with E-state index in [9.17, 15) is 4.79 Å². The third-order valence-electron chi connectivity index (χ3n) is 2.43. The van der Waals surface area contributed by atoms with Crippen LogP contribution < -0.4 is 10.6 Å². The highest BCUT2D eigenvalue weighted by molar-refractivity contribution is 5.78. The molecule has 0 radical (unpaired) electrons. The minimum atomic E-state index is 0.0610. The Morgan fingerprint density at radius 2 is 2.00 bits per heavy atom. The fraction of sp³-hybridized carbons (Fsp3) is 0.909. The average Bonchev–Trinajstić information content (AvgIpc) is 2.17. The molecule has 3 heteroatoms. The van der Waals surface area contributed by atoms with Crippen molar-refractivity contribution in [1.29, 1.82) is 0 Å². The Kier molecular flexibility index (Phi) is 7.48. The average molecular weight is 200 g/mol. The Labute approximate surface area is 87.6 Å². The molecule has 0 aromatic rings. The molecule has 2 unspecified atom stereocenters. The van der Waals surface area contributed by atoms with E-state index in [0.717, 1.165) is 25.8 Å². The molecule has 0 fully saturated rings. The van der Waals surface area contributed by atoms with Gasteiger partial charge in [-0.1, -0.05) is 27.2 Å². The van der Waals surface area contributed by atoms with Crippen molar-refractivity contribution in [3.05, 3.63) is 0 Å². The molecule has 0 saturated carbocycles. The number of hydrogen-bond acceptors (Lipinski definition) is 2. The van der Waals surface area contributed by atoms with Crippen molar-refractivity contribution in [3.63, 3.8) is 0 Å². The standard InChI is InChI=1S/C11H24N2O/c1-5-7-10(6-2)13-11(14)9(3)8-12-4/h9-10,12H,5-8H2,1-4H3,(H,13,14). The van der Waals surface area contributed by atoms with E-state index >= 15 is 0 Å². The highest BCUT2D eigenvalue weighted by Crippen LogP contribution is 2.02.